The van der Waals surface area contributed by atoms with E-state index in [9.17, 15) is 13.6 Å². The van der Waals surface area contributed by atoms with Crippen LogP contribution in [0.15, 0.2) is 48.5 Å². The highest BCUT2D eigenvalue weighted by atomic mass is 35.5. The molecule has 29 heavy (non-hydrogen) atoms. The van der Waals surface area contributed by atoms with Gasteiger partial charge in [0.2, 0.25) is 5.95 Å². The molecule has 0 saturated heterocycles. The van der Waals surface area contributed by atoms with Gasteiger partial charge in [-0.2, -0.15) is 4.98 Å². The monoisotopic (exact) mass is 419 g/mol. The molecule has 2 N–H and O–H groups in total. The van der Waals surface area contributed by atoms with Crippen LogP contribution in [0, 0.1) is 0 Å². The molecule has 0 aliphatic heterocycles. The average Bonchev–Trinajstić information content (AvgIpc) is 3.10. The number of nitrogens with zero attached hydrogens (tertiary/aromatic N) is 3. The molecule has 0 fully saturated rings. The molecule has 0 unspecified atom stereocenters. The number of carbonyl (C=O) groups is 1. The number of rotatable bonds is 7. The molecule has 6 nitrogen and oxygen atoms in total. The molecule has 1 amide bonds. The topological polar surface area (TPSA) is 71.8 Å². The van der Waals surface area contributed by atoms with Crippen LogP contribution in [-0.4, -0.2) is 33.1 Å². The van der Waals surface area contributed by atoms with Crippen molar-refractivity contribution in [3.8, 4) is 11.4 Å². The Kier molecular flexibility index (Phi) is 6.12. The summed E-state index contributed by atoms with van der Waals surface area (Å²) in [5.74, 6) is -2.47. The summed E-state index contributed by atoms with van der Waals surface area (Å²) < 4.78 is 27.5. The summed E-state index contributed by atoms with van der Waals surface area (Å²) in [7, 11) is 0. The highest BCUT2D eigenvalue weighted by molar-refractivity contribution is 6.30. The molecule has 0 saturated carbocycles. The lowest BCUT2D eigenvalue weighted by Gasteiger charge is -2.11. The van der Waals surface area contributed by atoms with Crippen LogP contribution in [0.3, 0.4) is 0 Å². The third-order valence-electron chi connectivity index (χ3n) is 4.04. The van der Waals surface area contributed by atoms with Crippen LogP contribution in [-0.2, 0) is 6.54 Å². The second-order valence-electron chi connectivity index (χ2n) is 6.54. The molecular weight excluding hydrogens is 400 g/mol. The van der Waals surface area contributed by atoms with Gasteiger partial charge in [0.15, 0.2) is 5.82 Å². The van der Waals surface area contributed by atoms with E-state index in [0.717, 1.165) is 12.6 Å². The van der Waals surface area contributed by atoms with Crippen LogP contribution in [0.1, 0.15) is 24.2 Å². The van der Waals surface area contributed by atoms with Crippen molar-refractivity contribution in [1.82, 2.24) is 20.1 Å². The maximum Gasteiger partial charge on any atom is 0.262 e. The number of aromatic nitrogens is 3. The van der Waals surface area contributed by atoms with Gasteiger partial charge in [-0.1, -0.05) is 23.7 Å². The maximum absolute atomic E-state index is 12.9. The van der Waals surface area contributed by atoms with Gasteiger partial charge in [-0.3, -0.25) is 4.79 Å². The summed E-state index contributed by atoms with van der Waals surface area (Å²) in [4.78, 5) is 16.5. The lowest BCUT2D eigenvalue weighted by molar-refractivity contribution is 0.0221. The number of hydrogen-bond acceptors (Lipinski definition) is 4. The molecule has 0 atom stereocenters. The molecule has 152 valence electrons. The Hall–Kier alpha value is -3.00. The molecule has 0 aliphatic rings. The Morgan fingerprint density at radius 3 is 2.38 bits per heavy atom. The van der Waals surface area contributed by atoms with Crippen molar-refractivity contribution in [3.63, 3.8) is 0 Å². The minimum Gasteiger partial charge on any atom is -0.346 e. The van der Waals surface area contributed by atoms with Crippen molar-refractivity contribution in [1.29, 1.82) is 0 Å². The Balaban J connectivity index is 1.76. The van der Waals surface area contributed by atoms with Crippen LogP contribution < -0.4 is 10.6 Å². The van der Waals surface area contributed by atoms with Crippen LogP contribution in [0.4, 0.5) is 20.4 Å². The lowest BCUT2D eigenvalue weighted by atomic mass is 10.1. The van der Waals surface area contributed by atoms with E-state index < -0.39 is 18.4 Å². The molecule has 0 radical (unpaired) electrons. The Morgan fingerprint density at radius 2 is 1.79 bits per heavy atom. The number of hydrogen-bond donors (Lipinski definition) is 2. The number of benzene rings is 2. The van der Waals surface area contributed by atoms with Crippen molar-refractivity contribution < 1.29 is 13.6 Å². The number of amides is 1. The van der Waals surface area contributed by atoms with Gasteiger partial charge in [-0.05, 0) is 43.3 Å². The zero-order valence-corrected chi connectivity index (χ0v) is 16.7. The Labute approximate surface area is 171 Å². The minimum atomic E-state index is -2.96. The van der Waals surface area contributed by atoms with Crippen LogP contribution >= 0.6 is 11.6 Å². The van der Waals surface area contributed by atoms with E-state index in [0.29, 0.717) is 28.9 Å². The molecule has 3 rings (SSSR count). The van der Waals surface area contributed by atoms with Gasteiger partial charge in [-0.15, -0.1) is 5.10 Å². The standard InChI is InChI=1S/C20H20ClF2N5O/c1-3-28-19(25-16-10-8-15(21)9-11-16)26-17(27-28)13-4-6-14(7-5-13)18(29)24-12-20(2,22)23/h4-11H,3,12H2,1-2H3,(H,24,29)(H,25,26,27). The van der Waals surface area contributed by atoms with E-state index in [2.05, 4.69) is 20.7 Å². The van der Waals surface area contributed by atoms with Gasteiger partial charge in [0.05, 0.1) is 6.54 Å². The van der Waals surface area contributed by atoms with Gasteiger partial charge < -0.3 is 10.6 Å². The average molecular weight is 420 g/mol. The number of anilines is 2. The second-order valence-corrected chi connectivity index (χ2v) is 6.97. The van der Waals surface area contributed by atoms with E-state index in [1.54, 1.807) is 41.1 Å². The van der Waals surface area contributed by atoms with Crippen molar-refractivity contribution in [2.75, 3.05) is 11.9 Å². The number of nitrogens with one attached hydrogen (secondary N) is 2. The van der Waals surface area contributed by atoms with E-state index in [1.807, 2.05) is 19.1 Å². The van der Waals surface area contributed by atoms with E-state index in [-0.39, 0.29) is 5.56 Å². The third kappa shape index (κ3) is 5.51. The van der Waals surface area contributed by atoms with Gasteiger partial charge in [0.25, 0.3) is 11.8 Å². The zero-order valence-electron chi connectivity index (χ0n) is 15.9. The Bertz CT molecular complexity index is 982. The Morgan fingerprint density at radius 1 is 1.14 bits per heavy atom. The normalized spacial score (nSPS) is 11.3. The first-order valence-corrected chi connectivity index (χ1v) is 9.37. The van der Waals surface area contributed by atoms with E-state index >= 15 is 0 Å². The summed E-state index contributed by atoms with van der Waals surface area (Å²) in [6.07, 6.45) is 0. The van der Waals surface area contributed by atoms with Gasteiger partial charge in [0, 0.05) is 35.3 Å². The van der Waals surface area contributed by atoms with Gasteiger partial charge in [0.1, 0.15) is 0 Å². The first-order valence-electron chi connectivity index (χ1n) is 8.99. The molecule has 1 heterocycles. The quantitative estimate of drug-likeness (QED) is 0.579. The molecule has 0 aliphatic carbocycles. The highest BCUT2D eigenvalue weighted by Gasteiger charge is 2.22. The molecule has 2 aromatic carbocycles. The van der Waals surface area contributed by atoms with Crippen molar-refractivity contribution in [2.24, 2.45) is 0 Å². The third-order valence-corrected chi connectivity index (χ3v) is 4.29. The predicted octanol–water partition coefficient (Wildman–Crippen LogP) is 4.75. The smallest absolute Gasteiger partial charge is 0.262 e. The summed E-state index contributed by atoms with van der Waals surface area (Å²) in [5, 5.41) is 10.5. The van der Waals surface area contributed by atoms with Gasteiger partial charge >= 0.3 is 0 Å². The van der Waals surface area contributed by atoms with Crippen molar-refractivity contribution in [2.45, 2.75) is 26.3 Å². The van der Waals surface area contributed by atoms with Crippen LogP contribution in [0.25, 0.3) is 11.4 Å². The molecule has 3 aromatic rings. The van der Waals surface area contributed by atoms with Crippen LogP contribution in [0.5, 0.6) is 0 Å². The molecule has 0 spiro atoms. The largest absolute Gasteiger partial charge is 0.346 e. The fourth-order valence-electron chi connectivity index (χ4n) is 2.55. The maximum atomic E-state index is 12.9. The molecule has 0 bridgehead atoms. The summed E-state index contributed by atoms with van der Waals surface area (Å²) in [6.45, 7) is 2.59. The minimum absolute atomic E-state index is 0.285. The van der Waals surface area contributed by atoms with E-state index in [4.69, 9.17) is 11.6 Å². The van der Waals surface area contributed by atoms with Gasteiger partial charge in [-0.25, -0.2) is 13.5 Å². The predicted molar refractivity (Wildman–Crippen MR) is 109 cm³/mol. The number of alkyl halides is 2. The fraction of sp³-hybridized carbons (Fsp3) is 0.250. The number of aryl methyl sites for hydroxylation is 1. The first-order chi connectivity index (χ1) is 13.7. The molecule has 9 heteroatoms. The fourth-order valence-corrected chi connectivity index (χ4v) is 2.67. The van der Waals surface area contributed by atoms with Crippen molar-refractivity contribution in [3.05, 3.63) is 59.1 Å². The molecule has 1 aromatic heterocycles. The summed E-state index contributed by atoms with van der Waals surface area (Å²) in [6, 6.07) is 13.7. The summed E-state index contributed by atoms with van der Waals surface area (Å²) in [5.41, 5.74) is 1.81. The number of carbonyl (C=O) groups excluding carboxylic acids is 1. The molecular formula is C20H20ClF2N5O. The number of halogens is 3. The van der Waals surface area contributed by atoms with Crippen molar-refractivity contribution >= 4 is 29.1 Å². The van der Waals surface area contributed by atoms with Crippen LogP contribution in [0.2, 0.25) is 5.02 Å². The second kappa shape index (κ2) is 8.57. The zero-order chi connectivity index (χ0) is 21.0. The van der Waals surface area contributed by atoms with E-state index in [1.165, 1.54) is 0 Å². The lowest BCUT2D eigenvalue weighted by Crippen LogP contribution is -2.34. The highest BCUT2D eigenvalue weighted by Crippen LogP contribution is 2.22. The summed E-state index contributed by atoms with van der Waals surface area (Å²) >= 11 is 5.91. The first kappa shape index (κ1) is 20.7. The SMILES string of the molecule is CCn1nc(-c2ccc(C(=O)NCC(C)(F)F)cc2)nc1Nc1ccc(Cl)cc1.